The lowest BCUT2D eigenvalue weighted by Gasteiger charge is -2.32. The third-order valence-electron chi connectivity index (χ3n) is 5.86. The van der Waals surface area contributed by atoms with E-state index in [1.54, 1.807) is 19.1 Å². The Morgan fingerprint density at radius 2 is 1.68 bits per heavy atom. The van der Waals surface area contributed by atoms with E-state index in [9.17, 15) is 31.2 Å². The van der Waals surface area contributed by atoms with Gasteiger partial charge in [0.25, 0.3) is 0 Å². The quantitative estimate of drug-likeness (QED) is 0.453. The summed E-state index contributed by atoms with van der Waals surface area (Å²) >= 11 is 5.68. The summed E-state index contributed by atoms with van der Waals surface area (Å²) in [6, 6.07) is 8.67. The van der Waals surface area contributed by atoms with Crippen molar-refractivity contribution in [1.82, 2.24) is 10.2 Å². The molecule has 0 unspecified atom stereocenters. The van der Waals surface area contributed by atoms with E-state index < -0.39 is 51.2 Å². The number of aryl methyl sites for hydroxylation is 1. The van der Waals surface area contributed by atoms with Crippen LogP contribution in [0, 0.1) is 6.92 Å². The second kappa shape index (κ2) is 12.2. The van der Waals surface area contributed by atoms with Gasteiger partial charge in [0.2, 0.25) is 21.8 Å². The number of carbonyl (C=O) groups excluding carboxylic acids is 2. The number of nitrogens with one attached hydrogen (secondary N) is 1. The second-order valence-electron chi connectivity index (χ2n) is 8.93. The van der Waals surface area contributed by atoms with Gasteiger partial charge in [0.05, 0.1) is 22.5 Å². The normalized spacial score (nSPS) is 13.5. The van der Waals surface area contributed by atoms with Gasteiger partial charge in [0, 0.05) is 12.6 Å². The molecule has 2 aromatic rings. The van der Waals surface area contributed by atoms with Gasteiger partial charge < -0.3 is 10.2 Å². The van der Waals surface area contributed by atoms with Crippen LogP contribution in [0.2, 0.25) is 5.02 Å². The van der Waals surface area contributed by atoms with Gasteiger partial charge in [0.1, 0.15) is 12.6 Å². The first-order chi connectivity index (χ1) is 17.0. The molecule has 7 nitrogen and oxygen atoms in total. The average molecular weight is 562 g/mol. The summed E-state index contributed by atoms with van der Waals surface area (Å²) < 4.78 is 66.0. The maximum atomic E-state index is 13.5. The molecule has 37 heavy (non-hydrogen) atoms. The van der Waals surface area contributed by atoms with Crippen LogP contribution < -0.4 is 9.62 Å². The van der Waals surface area contributed by atoms with Crippen LogP contribution in [-0.2, 0) is 32.3 Å². The van der Waals surface area contributed by atoms with E-state index in [4.69, 9.17) is 11.6 Å². The molecule has 0 spiro atoms. The molecule has 0 bridgehead atoms. The molecule has 0 saturated heterocycles. The molecule has 0 heterocycles. The Morgan fingerprint density at radius 3 is 2.19 bits per heavy atom. The van der Waals surface area contributed by atoms with Crippen molar-refractivity contribution in [1.29, 1.82) is 0 Å². The fraction of sp³-hybridized carbons (Fsp3) is 0.440. The van der Waals surface area contributed by atoms with Gasteiger partial charge in [-0.3, -0.25) is 13.9 Å². The first-order valence-corrected chi connectivity index (χ1v) is 13.8. The Balaban J connectivity index is 2.47. The van der Waals surface area contributed by atoms with Gasteiger partial charge in [-0.15, -0.1) is 0 Å². The molecule has 204 valence electrons. The third kappa shape index (κ3) is 8.36. The molecule has 1 N–H and O–H groups in total. The SMILES string of the molecule is CC[C@@H](C)NC(=O)[C@H](C)N(Cc1ccc(C)cc1)C(=O)CN(c1ccc(Cl)c(C(F)(F)F)c1)S(C)(=O)=O. The van der Waals surface area contributed by atoms with Crippen LogP contribution in [0.4, 0.5) is 18.9 Å². The zero-order valence-corrected chi connectivity index (χ0v) is 22.8. The standard InChI is InChI=1S/C25H31ClF3N3O4S/c1-6-17(3)30-24(34)18(4)31(14-19-9-7-16(2)8-10-19)23(33)15-32(37(5,35)36)20-11-12-22(26)21(13-20)25(27,28)29/h7-13,17-18H,6,14-15H2,1-5H3,(H,30,34)/t17-,18+/m1/s1. The number of carbonyl (C=O) groups is 2. The smallest absolute Gasteiger partial charge is 0.352 e. The number of halogens is 4. The fourth-order valence-electron chi connectivity index (χ4n) is 3.44. The summed E-state index contributed by atoms with van der Waals surface area (Å²) in [6.07, 6.45) is -3.39. The predicted molar refractivity (Wildman–Crippen MR) is 138 cm³/mol. The van der Waals surface area contributed by atoms with Crippen LogP contribution in [0.15, 0.2) is 42.5 Å². The van der Waals surface area contributed by atoms with Gasteiger partial charge >= 0.3 is 6.18 Å². The highest BCUT2D eigenvalue weighted by Crippen LogP contribution is 2.37. The minimum Gasteiger partial charge on any atom is -0.352 e. The molecule has 0 fully saturated rings. The van der Waals surface area contributed by atoms with Crippen LogP contribution in [-0.4, -0.2) is 50.0 Å². The van der Waals surface area contributed by atoms with E-state index in [2.05, 4.69) is 5.32 Å². The lowest BCUT2D eigenvalue weighted by molar-refractivity contribution is -0.139. The minimum absolute atomic E-state index is 0.0137. The summed E-state index contributed by atoms with van der Waals surface area (Å²) in [5, 5.41) is 2.20. The van der Waals surface area contributed by atoms with Crippen molar-refractivity contribution in [3.8, 4) is 0 Å². The van der Waals surface area contributed by atoms with Gasteiger partial charge in [-0.25, -0.2) is 8.42 Å². The summed E-state index contributed by atoms with van der Waals surface area (Å²) in [4.78, 5) is 27.6. The number of hydrogen-bond donors (Lipinski definition) is 1. The van der Waals surface area contributed by atoms with Crippen LogP contribution in [0.3, 0.4) is 0 Å². The summed E-state index contributed by atoms with van der Waals surface area (Å²) in [7, 11) is -4.19. The maximum Gasteiger partial charge on any atom is 0.417 e. The first kappa shape index (κ1) is 30.4. The molecule has 2 amide bonds. The average Bonchev–Trinajstić information content (AvgIpc) is 2.80. The summed E-state index contributed by atoms with van der Waals surface area (Å²) in [6.45, 7) is 6.26. The lowest BCUT2D eigenvalue weighted by Crippen LogP contribution is -2.52. The van der Waals surface area contributed by atoms with E-state index in [-0.39, 0.29) is 18.3 Å². The largest absolute Gasteiger partial charge is 0.417 e. The number of sulfonamides is 1. The van der Waals surface area contributed by atoms with Crippen LogP contribution in [0.1, 0.15) is 43.9 Å². The predicted octanol–water partition coefficient (Wildman–Crippen LogP) is 4.77. The maximum absolute atomic E-state index is 13.5. The Morgan fingerprint density at radius 1 is 1.08 bits per heavy atom. The number of hydrogen-bond acceptors (Lipinski definition) is 4. The number of benzene rings is 2. The van der Waals surface area contributed by atoms with E-state index in [0.29, 0.717) is 22.4 Å². The van der Waals surface area contributed by atoms with Crippen molar-refractivity contribution >= 4 is 39.1 Å². The molecule has 0 aliphatic rings. The Kier molecular flexibility index (Phi) is 10.0. The van der Waals surface area contributed by atoms with Crippen molar-refractivity contribution in [2.24, 2.45) is 0 Å². The highest BCUT2D eigenvalue weighted by molar-refractivity contribution is 7.92. The van der Waals surface area contributed by atoms with Gasteiger partial charge in [-0.1, -0.05) is 48.4 Å². The molecule has 2 aromatic carbocycles. The number of anilines is 1. The van der Waals surface area contributed by atoms with Crippen LogP contribution >= 0.6 is 11.6 Å². The summed E-state index contributed by atoms with van der Waals surface area (Å²) in [5.41, 5.74) is 0.0692. The Hall–Kier alpha value is -2.79. The van der Waals surface area contributed by atoms with Gasteiger partial charge in [-0.05, 0) is 51.0 Å². The zero-order valence-electron chi connectivity index (χ0n) is 21.3. The van der Waals surface area contributed by atoms with Crippen molar-refractivity contribution in [2.75, 3.05) is 17.1 Å². The molecule has 2 atom stereocenters. The summed E-state index contributed by atoms with van der Waals surface area (Å²) in [5.74, 6) is -1.20. The molecule has 0 radical (unpaired) electrons. The molecule has 2 rings (SSSR count). The van der Waals surface area contributed by atoms with Crippen molar-refractivity contribution in [2.45, 2.75) is 58.9 Å². The molecule has 0 aromatic heterocycles. The minimum atomic E-state index is -4.83. The van der Waals surface area contributed by atoms with Crippen molar-refractivity contribution in [3.05, 3.63) is 64.2 Å². The molecular weight excluding hydrogens is 531 g/mol. The van der Waals surface area contributed by atoms with Crippen molar-refractivity contribution < 1.29 is 31.2 Å². The van der Waals surface area contributed by atoms with Gasteiger partial charge in [-0.2, -0.15) is 13.2 Å². The third-order valence-corrected chi connectivity index (χ3v) is 7.33. The van der Waals surface area contributed by atoms with E-state index in [1.165, 1.54) is 11.8 Å². The highest BCUT2D eigenvalue weighted by atomic mass is 35.5. The topological polar surface area (TPSA) is 86.8 Å². The molecular formula is C25H31ClF3N3O4S. The molecule has 0 saturated carbocycles. The van der Waals surface area contributed by atoms with Gasteiger partial charge in [0.15, 0.2) is 0 Å². The monoisotopic (exact) mass is 561 g/mol. The van der Waals surface area contributed by atoms with Crippen LogP contribution in [0.25, 0.3) is 0 Å². The number of rotatable bonds is 10. The van der Waals surface area contributed by atoms with Crippen LogP contribution in [0.5, 0.6) is 0 Å². The number of amides is 2. The lowest BCUT2D eigenvalue weighted by atomic mass is 10.1. The van der Waals surface area contributed by atoms with E-state index >= 15 is 0 Å². The second-order valence-corrected chi connectivity index (χ2v) is 11.2. The molecule has 12 heteroatoms. The Labute approximate surface area is 220 Å². The molecule has 0 aliphatic carbocycles. The zero-order chi connectivity index (χ0) is 28.1. The van der Waals surface area contributed by atoms with E-state index in [1.807, 2.05) is 26.0 Å². The van der Waals surface area contributed by atoms with Crippen molar-refractivity contribution in [3.63, 3.8) is 0 Å². The number of alkyl halides is 3. The molecule has 0 aliphatic heterocycles. The van der Waals surface area contributed by atoms with E-state index in [0.717, 1.165) is 24.0 Å². The Bertz CT molecular complexity index is 1220. The first-order valence-electron chi connectivity index (χ1n) is 11.5. The fourth-order valence-corrected chi connectivity index (χ4v) is 4.50. The highest BCUT2D eigenvalue weighted by Gasteiger charge is 2.35. The number of nitrogens with zero attached hydrogens (tertiary/aromatic N) is 2.